The number of nitrogens with zero attached hydrogens (tertiary/aromatic N) is 4. The number of likely N-dealkylation sites (tertiary alicyclic amines) is 1. The molecule has 2 fully saturated rings. The highest BCUT2D eigenvalue weighted by atomic mass is 16.6. The molecule has 1 atom stereocenters. The molecule has 0 bridgehead atoms. The van der Waals surface area contributed by atoms with Crippen LogP contribution in [0.1, 0.15) is 41.7 Å². The summed E-state index contributed by atoms with van der Waals surface area (Å²) in [6, 6.07) is 12.9. The van der Waals surface area contributed by atoms with Crippen molar-refractivity contribution in [3.8, 4) is 0 Å². The van der Waals surface area contributed by atoms with Crippen molar-refractivity contribution in [2.45, 2.75) is 31.3 Å². The summed E-state index contributed by atoms with van der Waals surface area (Å²) < 4.78 is 6.95. The lowest BCUT2D eigenvalue weighted by Gasteiger charge is -2.37. The molecule has 2 aliphatic rings. The summed E-state index contributed by atoms with van der Waals surface area (Å²) in [6.45, 7) is 4.23. The highest BCUT2D eigenvalue weighted by Crippen LogP contribution is 2.34. The Morgan fingerprint density at radius 2 is 1.83 bits per heavy atom. The summed E-state index contributed by atoms with van der Waals surface area (Å²) in [5.74, 6) is 0.00527. The molecule has 0 aliphatic carbocycles. The quantitative estimate of drug-likeness (QED) is 0.770. The third kappa shape index (κ3) is 3.94. The third-order valence-electron chi connectivity index (χ3n) is 6.05. The number of benzene rings is 1. The number of hydrogen-bond donors (Lipinski definition) is 0. The van der Waals surface area contributed by atoms with Gasteiger partial charge >= 0.3 is 6.09 Å². The summed E-state index contributed by atoms with van der Waals surface area (Å²) in [5.41, 5.74) is 0.638. The van der Waals surface area contributed by atoms with Gasteiger partial charge < -0.3 is 14.5 Å². The molecule has 1 aromatic carbocycles. The molecule has 0 unspecified atom stereocenters. The van der Waals surface area contributed by atoms with Gasteiger partial charge in [0, 0.05) is 45.6 Å². The Kier molecular flexibility index (Phi) is 5.32. The minimum atomic E-state index is -0.540. The highest BCUT2D eigenvalue weighted by molar-refractivity contribution is 5.92. The fourth-order valence-electron chi connectivity index (χ4n) is 4.21. The van der Waals surface area contributed by atoms with Crippen LogP contribution in [0.3, 0.4) is 0 Å². The van der Waals surface area contributed by atoms with E-state index in [4.69, 9.17) is 4.74 Å². The molecule has 4 rings (SSSR count). The predicted octanol–water partition coefficient (Wildman–Crippen LogP) is 2.01. The van der Waals surface area contributed by atoms with Gasteiger partial charge in [-0.15, -0.1) is 0 Å². The number of rotatable bonds is 4. The number of aryl methyl sites for hydroxylation is 1. The van der Waals surface area contributed by atoms with E-state index in [0.29, 0.717) is 39.0 Å². The molecule has 3 heterocycles. The van der Waals surface area contributed by atoms with Gasteiger partial charge in [0.1, 0.15) is 11.3 Å². The van der Waals surface area contributed by atoms with Crippen LogP contribution in [0.25, 0.3) is 0 Å². The molecular formula is C22H26N4O4. The first-order chi connectivity index (χ1) is 14.4. The Bertz CT molecular complexity index is 996. The number of amides is 2. The molecule has 30 heavy (non-hydrogen) atoms. The highest BCUT2D eigenvalue weighted by Gasteiger charge is 2.47. The van der Waals surface area contributed by atoms with Crippen LogP contribution >= 0.6 is 0 Å². The summed E-state index contributed by atoms with van der Waals surface area (Å²) in [7, 11) is 1.52. The van der Waals surface area contributed by atoms with Gasteiger partial charge in [-0.1, -0.05) is 37.3 Å². The molecule has 0 radical (unpaired) electrons. The lowest BCUT2D eigenvalue weighted by atomic mass is 9.90. The van der Waals surface area contributed by atoms with E-state index in [1.54, 1.807) is 9.80 Å². The molecule has 0 N–H and O–H groups in total. The minimum Gasteiger partial charge on any atom is -0.441 e. The van der Waals surface area contributed by atoms with E-state index in [9.17, 15) is 14.4 Å². The average molecular weight is 410 g/mol. The third-order valence-corrected chi connectivity index (χ3v) is 6.05. The number of aromatic nitrogens is 2. The van der Waals surface area contributed by atoms with Crippen molar-refractivity contribution in [2.75, 3.05) is 26.2 Å². The maximum Gasteiger partial charge on any atom is 0.410 e. The zero-order valence-corrected chi connectivity index (χ0v) is 17.3. The smallest absolute Gasteiger partial charge is 0.410 e. The molecule has 2 amide bonds. The maximum atomic E-state index is 12.7. The van der Waals surface area contributed by atoms with E-state index < -0.39 is 5.60 Å². The zero-order valence-electron chi connectivity index (χ0n) is 17.3. The number of carbonyl (C=O) groups is 2. The van der Waals surface area contributed by atoms with Crippen molar-refractivity contribution in [2.24, 2.45) is 7.05 Å². The van der Waals surface area contributed by atoms with Gasteiger partial charge in [0.2, 0.25) is 0 Å². The van der Waals surface area contributed by atoms with Crippen LogP contribution in [-0.4, -0.2) is 63.4 Å². The number of carbonyl (C=O) groups excluding carboxylic acids is 2. The van der Waals surface area contributed by atoms with E-state index in [-0.39, 0.29) is 29.2 Å². The Labute approximate surface area is 175 Å². The number of ether oxygens (including phenoxy) is 1. The molecule has 1 spiro atoms. The molecule has 1 aromatic heterocycles. The average Bonchev–Trinajstić information content (AvgIpc) is 3.05. The van der Waals surface area contributed by atoms with Gasteiger partial charge in [0.05, 0.1) is 6.54 Å². The van der Waals surface area contributed by atoms with Crippen molar-refractivity contribution >= 4 is 12.0 Å². The first kappa shape index (κ1) is 20.1. The first-order valence-electron chi connectivity index (χ1n) is 10.2. The standard InChI is InChI=1S/C22H26N4O4/c1-16(17-6-4-3-5-7-17)14-26-15-22(30-21(26)29)10-12-25(13-11-22)20(28)18-8-9-19(27)24(2)23-18/h3-9,16H,10-15H2,1-2H3/t16-/m1/s1. The second-order valence-electron chi connectivity index (χ2n) is 8.22. The van der Waals surface area contributed by atoms with E-state index in [2.05, 4.69) is 24.2 Å². The van der Waals surface area contributed by atoms with Crippen LogP contribution in [0.5, 0.6) is 0 Å². The van der Waals surface area contributed by atoms with Crippen LogP contribution in [0, 0.1) is 0 Å². The molecule has 2 saturated heterocycles. The van der Waals surface area contributed by atoms with Crippen molar-refractivity contribution in [1.82, 2.24) is 19.6 Å². The lowest BCUT2D eigenvalue weighted by Crippen LogP contribution is -2.49. The van der Waals surface area contributed by atoms with Gasteiger partial charge in [-0.05, 0) is 17.5 Å². The van der Waals surface area contributed by atoms with Gasteiger partial charge in [0.25, 0.3) is 11.5 Å². The Morgan fingerprint density at radius 1 is 1.13 bits per heavy atom. The Morgan fingerprint density at radius 3 is 2.50 bits per heavy atom. The first-order valence-corrected chi connectivity index (χ1v) is 10.2. The molecule has 2 aliphatic heterocycles. The summed E-state index contributed by atoms with van der Waals surface area (Å²) in [4.78, 5) is 40.2. The molecule has 2 aromatic rings. The number of piperidine rings is 1. The van der Waals surface area contributed by atoms with Gasteiger partial charge in [-0.3, -0.25) is 9.59 Å². The monoisotopic (exact) mass is 410 g/mol. The Balaban J connectivity index is 1.37. The molecular weight excluding hydrogens is 384 g/mol. The van der Waals surface area contributed by atoms with Gasteiger partial charge in [-0.25, -0.2) is 9.48 Å². The molecule has 0 saturated carbocycles. The fourth-order valence-corrected chi connectivity index (χ4v) is 4.21. The Hall–Kier alpha value is -3.16. The summed E-state index contributed by atoms with van der Waals surface area (Å²) in [6.07, 6.45) is 0.899. The predicted molar refractivity (Wildman–Crippen MR) is 110 cm³/mol. The van der Waals surface area contributed by atoms with Crippen molar-refractivity contribution in [3.05, 3.63) is 64.1 Å². The van der Waals surface area contributed by atoms with E-state index in [1.165, 1.54) is 24.7 Å². The number of hydrogen-bond acceptors (Lipinski definition) is 5. The van der Waals surface area contributed by atoms with E-state index in [1.807, 2.05) is 18.2 Å². The van der Waals surface area contributed by atoms with Crippen LogP contribution in [0.2, 0.25) is 0 Å². The lowest BCUT2D eigenvalue weighted by molar-refractivity contribution is 0.00289. The van der Waals surface area contributed by atoms with Crippen molar-refractivity contribution in [3.63, 3.8) is 0 Å². The zero-order chi connectivity index (χ0) is 21.3. The maximum absolute atomic E-state index is 12.7. The normalized spacial score (nSPS) is 19.1. The molecule has 158 valence electrons. The summed E-state index contributed by atoms with van der Waals surface area (Å²) in [5, 5.41) is 4.04. The van der Waals surface area contributed by atoms with Gasteiger partial charge in [-0.2, -0.15) is 5.10 Å². The second kappa shape index (κ2) is 7.93. The SMILES string of the molecule is C[C@H](CN1CC2(CCN(C(=O)c3ccc(=O)n(C)n3)CC2)OC1=O)c1ccccc1. The fraction of sp³-hybridized carbons (Fsp3) is 0.455. The van der Waals surface area contributed by atoms with Crippen molar-refractivity contribution in [1.29, 1.82) is 0 Å². The van der Waals surface area contributed by atoms with Gasteiger partial charge in [0.15, 0.2) is 0 Å². The van der Waals surface area contributed by atoms with Crippen LogP contribution in [0.4, 0.5) is 4.79 Å². The van der Waals surface area contributed by atoms with E-state index in [0.717, 1.165) is 4.68 Å². The second-order valence-corrected chi connectivity index (χ2v) is 8.22. The molecule has 8 nitrogen and oxygen atoms in total. The van der Waals surface area contributed by atoms with E-state index >= 15 is 0 Å². The topological polar surface area (TPSA) is 84.7 Å². The van der Waals surface area contributed by atoms with Crippen LogP contribution in [0.15, 0.2) is 47.3 Å². The largest absolute Gasteiger partial charge is 0.441 e. The van der Waals surface area contributed by atoms with Crippen molar-refractivity contribution < 1.29 is 14.3 Å². The van der Waals surface area contributed by atoms with Crippen LogP contribution in [-0.2, 0) is 11.8 Å². The molecule has 8 heteroatoms. The summed E-state index contributed by atoms with van der Waals surface area (Å²) >= 11 is 0. The minimum absolute atomic E-state index is 0.209. The van der Waals surface area contributed by atoms with Crippen LogP contribution < -0.4 is 5.56 Å².